The summed E-state index contributed by atoms with van der Waals surface area (Å²) in [5, 5.41) is 0. The highest BCUT2D eigenvalue weighted by Crippen LogP contribution is 2.15. The Hall–Kier alpha value is -3.11. The van der Waals surface area contributed by atoms with Crippen molar-refractivity contribution in [2.45, 2.75) is 19.8 Å². The third-order valence-electron chi connectivity index (χ3n) is 3.70. The molecule has 0 aliphatic rings. The number of benzene rings is 3. The van der Waals surface area contributed by atoms with E-state index in [2.05, 4.69) is 0 Å². The van der Waals surface area contributed by atoms with Crippen LogP contribution in [0.1, 0.15) is 16.7 Å². The quantitative estimate of drug-likeness (QED) is 0.439. The molecule has 0 N–H and O–H groups in total. The van der Waals surface area contributed by atoms with E-state index < -0.39 is 6.16 Å². The zero-order valence-electron chi connectivity index (χ0n) is 14.3. The van der Waals surface area contributed by atoms with E-state index in [-0.39, 0.29) is 6.61 Å². The minimum Gasteiger partial charge on any atom is -0.429 e. The molecule has 3 rings (SSSR count). The lowest BCUT2D eigenvalue weighted by Gasteiger charge is -2.08. The summed E-state index contributed by atoms with van der Waals surface area (Å²) in [5.74, 6) is 0.440. The van der Waals surface area contributed by atoms with Crippen LogP contribution in [0, 0.1) is 0 Å². The van der Waals surface area contributed by atoms with Crippen molar-refractivity contribution in [3.05, 3.63) is 102 Å². The van der Waals surface area contributed by atoms with Crippen molar-refractivity contribution in [2.75, 3.05) is 0 Å². The lowest BCUT2D eigenvalue weighted by atomic mass is 10.2. The van der Waals surface area contributed by atoms with Crippen molar-refractivity contribution >= 4 is 6.16 Å². The molecule has 0 aliphatic heterocycles. The summed E-state index contributed by atoms with van der Waals surface area (Å²) in [4.78, 5) is 11.7. The van der Waals surface area contributed by atoms with Gasteiger partial charge in [0.05, 0.1) is 13.2 Å². The molecule has 3 aromatic carbocycles. The van der Waals surface area contributed by atoms with E-state index in [1.165, 1.54) is 0 Å². The molecule has 0 unspecified atom stereocenters. The summed E-state index contributed by atoms with van der Waals surface area (Å²) < 4.78 is 15.9. The van der Waals surface area contributed by atoms with Gasteiger partial charge in [-0.3, -0.25) is 0 Å². The Kier molecular flexibility index (Phi) is 6.40. The van der Waals surface area contributed by atoms with Gasteiger partial charge in [-0.1, -0.05) is 72.8 Å². The van der Waals surface area contributed by atoms with Crippen molar-refractivity contribution < 1.29 is 19.0 Å². The minimum atomic E-state index is -0.720. The van der Waals surface area contributed by atoms with Crippen molar-refractivity contribution in [2.24, 2.45) is 0 Å². The molecule has 132 valence electrons. The van der Waals surface area contributed by atoms with E-state index in [9.17, 15) is 4.79 Å². The maximum Gasteiger partial charge on any atom is 0.514 e. The predicted octanol–water partition coefficient (Wildman–Crippen LogP) is 5.12. The van der Waals surface area contributed by atoms with Crippen LogP contribution in [0.25, 0.3) is 0 Å². The molecule has 3 aromatic rings. The van der Waals surface area contributed by atoms with Gasteiger partial charge < -0.3 is 14.2 Å². The lowest BCUT2D eigenvalue weighted by molar-refractivity contribution is 0.0926. The van der Waals surface area contributed by atoms with Crippen LogP contribution in [0.2, 0.25) is 0 Å². The van der Waals surface area contributed by atoms with E-state index in [0.717, 1.165) is 16.7 Å². The van der Waals surface area contributed by atoms with Gasteiger partial charge in [-0.05, 0) is 28.8 Å². The molecule has 0 amide bonds. The van der Waals surface area contributed by atoms with Gasteiger partial charge in [0.15, 0.2) is 0 Å². The largest absolute Gasteiger partial charge is 0.514 e. The molecule has 4 nitrogen and oxygen atoms in total. The molecule has 0 aliphatic carbocycles. The van der Waals surface area contributed by atoms with Gasteiger partial charge in [0.25, 0.3) is 0 Å². The minimum absolute atomic E-state index is 0.186. The Morgan fingerprint density at radius 1 is 0.615 bits per heavy atom. The van der Waals surface area contributed by atoms with Gasteiger partial charge in [0.2, 0.25) is 0 Å². The summed E-state index contributed by atoms with van der Waals surface area (Å²) in [6, 6.07) is 26.7. The SMILES string of the molecule is O=C(OCc1ccccc1)Oc1ccc(COCc2ccccc2)cc1. The van der Waals surface area contributed by atoms with Crippen LogP contribution in [0.3, 0.4) is 0 Å². The fourth-order valence-electron chi connectivity index (χ4n) is 2.36. The molecular weight excluding hydrogens is 328 g/mol. The molecule has 0 aromatic heterocycles. The number of rotatable bonds is 7. The second kappa shape index (κ2) is 9.39. The molecular formula is C22H20O4. The first-order valence-electron chi connectivity index (χ1n) is 8.39. The smallest absolute Gasteiger partial charge is 0.429 e. The van der Waals surface area contributed by atoms with Crippen LogP contribution in [-0.2, 0) is 29.3 Å². The van der Waals surface area contributed by atoms with Gasteiger partial charge in [0, 0.05) is 0 Å². The molecule has 4 heteroatoms. The number of hydrogen-bond acceptors (Lipinski definition) is 4. The van der Waals surface area contributed by atoms with Crippen LogP contribution >= 0.6 is 0 Å². The second-order valence-electron chi connectivity index (χ2n) is 5.75. The Morgan fingerprint density at radius 2 is 1.12 bits per heavy atom. The summed E-state index contributed by atoms with van der Waals surface area (Å²) in [7, 11) is 0. The molecule has 0 spiro atoms. The molecule has 0 saturated heterocycles. The van der Waals surface area contributed by atoms with E-state index in [0.29, 0.717) is 19.0 Å². The zero-order valence-corrected chi connectivity index (χ0v) is 14.3. The molecule has 0 radical (unpaired) electrons. The lowest BCUT2D eigenvalue weighted by Crippen LogP contribution is -2.10. The molecule has 0 fully saturated rings. The van der Waals surface area contributed by atoms with Gasteiger partial charge in [-0.2, -0.15) is 0 Å². The Balaban J connectivity index is 1.41. The third kappa shape index (κ3) is 5.76. The van der Waals surface area contributed by atoms with Crippen LogP contribution in [0.15, 0.2) is 84.9 Å². The number of carbonyl (C=O) groups excluding carboxylic acids is 1. The molecule has 0 saturated carbocycles. The standard InChI is InChI=1S/C22H20O4/c23-22(25-17-19-9-5-2-6-10-19)26-21-13-11-20(12-14-21)16-24-15-18-7-3-1-4-8-18/h1-14H,15-17H2. The average molecular weight is 348 g/mol. The third-order valence-corrected chi connectivity index (χ3v) is 3.70. The summed E-state index contributed by atoms with van der Waals surface area (Å²) >= 11 is 0. The Bertz CT molecular complexity index is 799. The van der Waals surface area contributed by atoms with Crippen LogP contribution in [-0.4, -0.2) is 6.16 Å². The first-order valence-corrected chi connectivity index (χ1v) is 8.39. The van der Waals surface area contributed by atoms with Crippen molar-refractivity contribution in [1.29, 1.82) is 0 Å². The topological polar surface area (TPSA) is 44.8 Å². The fraction of sp³-hybridized carbons (Fsp3) is 0.136. The molecule has 26 heavy (non-hydrogen) atoms. The number of carbonyl (C=O) groups is 1. The monoisotopic (exact) mass is 348 g/mol. The van der Waals surface area contributed by atoms with E-state index >= 15 is 0 Å². The van der Waals surface area contributed by atoms with Crippen LogP contribution < -0.4 is 4.74 Å². The highest BCUT2D eigenvalue weighted by atomic mass is 16.7. The summed E-state index contributed by atoms with van der Waals surface area (Å²) in [6.07, 6.45) is -0.720. The van der Waals surface area contributed by atoms with E-state index in [1.54, 1.807) is 12.1 Å². The van der Waals surface area contributed by atoms with Gasteiger partial charge in [-0.25, -0.2) is 4.79 Å². The van der Waals surface area contributed by atoms with Crippen molar-refractivity contribution in [1.82, 2.24) is 0 Å². The second-order valence-corrected chi connectivity index (χ2v) is 5.75. The molecule has 0 heterocycles. The summed E-state index contributed by atoms with van der Waals surface area (Å²) in [6.45, 7) is 1.24. The highest BCUT2D eigenvalue weighted by molar-refractivity contribution is 5.63. The predicted molar refractivity (Wildman–Crippen MR) is 98.6 cm³/mol. The Labute approximate surface area is 153 Å². The van der Waals surface area contributed by atoms with E-state index in [1.807, 2.05) is 72.8 Å². The average Bonchev–Trinajstić information content (AvgIpc) is 2.69. The van der Waals surface area contributed by atoms with Crippen LogP contribution in [0.5, 0.6) is 5.75 Å². The first-order chi connectivity index (χ1) is 12.8. The maximum absolute atomic E-state index is 11.7. The molecule has 0 bridgehead atoms. The first kappa shape index (κ1) is 17.7. The number of ether oxygens (including phenoxy) is 3. The van der Waals surface area contributed by atoms with Gasteiger partial charge in [0.1, 0.15) is 12.4 Å². The highest BCUT2D eigenvalue weighted by Gasteiger charge is 2.06. The Morgan fingerprint density at radius 3 is 1.69 bits per heavy atom. The van der Waals surface area contributed by atoms with Gasteiger partial charge >= 0.3 is 6.16 Å². The van der Waals surface area contributed by atoms with E-state index in [4.69, 9.17) is 14.2 Å². The van der Waals surface area contributed by atoms with Crippen molar-refractivity contribution in [3.63, 3.8) is 0 Å². The number of hydrogen-bond donors (Lipinski definition) is 0. The summed E-state index contributed by atoms with van der Waals surface area (Å²) in [5.41, 5.74) is 3.05. The maximum atomic E-state index is 11.7. The van der Waals surface area contributed by atoms with Crippen molar-refractivity contribution in [3.8, 4) is 5.75 Å². The van der Waals surface area contributed by atoms with Gasteiger partial charge in [-0.15, -0.1) is 0 Å². The fourth-order valence-corrected chi connectivity index (χ4v) is 2.36. The van der Waals surface area contributed by atoms with Crippen LogP contribution in [0.4, 0.5) is 4.79 Å². The molecule has 0 atom stereocenters. The zero-order chi connectivity index (χ0) is 18.0. The normalized spacial score (nSPS) is 10.3.